The van der Waals surface area contributed by atoms with Crippen LogP contribution in [0.2, 0.25) is 5.02 Å². The number of halogens is 1. The van der Waals surface area contributed by atoms with E-state index in [1.54, 1.807) is 18.2 Å². The van der Waals surface area contributed by atoms with Crippen molar-refractivity contribution >= 4 is 35.2 Å². The minimum Gasteiger partial charge on any atom is -0.455 e. The van der Waals surface area contributed by atoms with Gasteiger partial charge in [0.1, 0.15) is 5.75 Å². The maximum absolute atomic E-state index is 11.6. The van der Waals surface area contributed by atoms with Crippen molar-refractivity contribution in [2.24, 2.45) is 0 Å². The Morgan fingerprint density at radius 3 is 2.88 bits per heavy atom. The molecule has 1 amide bonds. The van der Waals surface area contributed by atoms with Crippen molar-refractivity contribution in [1.82, 2.24) is 15.5 Å². The highest BCUT2D eigenvalue weighted by Gasteiger charge is 2.23. The monoisotopic (exact) mass is 367 g/mol. The highest BCUT2D eigenvalue weighted by molar-refractivity contribution is 7.99. The second-order valence-electron chi connectivity index (χ2n) is 5.14. The third-order valence-electron chi connectivity index (χ3n) is 3.13. The fourth-order valence-corrected chi connectivity index (χ4v) is 2.59. The van der Waals surface area contributed by atoms with E-state index < -0.39 is 5.97 Å². The van der Waals surface area contributed by atoms with Crippen LogP contribution in [-0.4, -0.2) is 40.5 Å². The molecule has 1 aliphatic carbocycles. The van der Waals surface area contributed by atoms with Gasteiger partial charge in [-0.2, -0.15) is 0 Å². The molecule has 1 aliphatic rings. The lowest BCUT2D eigenvalue weighted by Gasteiger charge is -2.04. The van der Waals surface area contributed by atoms with Crippen molar-refractivity contribution in [2.45, 2.75) is 24.1 Å². The number of carbonyl (C=O) groups is 2. The molecule has 2 aromatic rings. The number of benzene rings is 1. The van der Waals surface area contributed by atoms with Crippen molar-refractivity contribution in [3.05, 3.63) is 29.3 Å². The number of rotatable bonds is 7. The van der Waals surface area contributed by atoms with Crippen LogP contribution in [0.25, 0.3) is 11.5 Å². The maximum Gasteiger partial charge on any atom is 0.316 e. The Labute approximate surface area is 147 Å². The molecule has 126 valence electrons. The summed E-state index contributed by atoms with van der Waals surface area (Å²) in [7, 11) is 0. The molecule has 0 saturated heterocycles. The number of nitrogens with one attached hydrogen (secondary N) is 1. The summed E-state index contributed by atoms with van der Waals surface area (Å²) < 4.78 is 10.3. The number of hydrogen-bond donors (Lipinski definition) is 1. The van der Waals surface area contributed by atoms with Gasteiger partial charge in [0.25, 0.3) is 11.1 Å². The second kappa shape index (κ2) is 7.67. The first-order chi connectivity index (χ1) is 11.6. The van der Waals surface area contributed by atoms with E-state index in [1.807, 2.05) is 6.07 Å². The van der Waals surface area contributed by atoms with E-state index in [1.165, 1.54) is 0 Å². The maximum atomic E-state index is 11.6. The first kappa shape index (κ1) is 16.8. The number of hydrogen-bond acceptors (Lipinski definition) is 7. The molecule has 3 rings (SSSR count). The van der Waals surface area contributed by atoms with Crippen LogP contribution >= 0.6 is 23.4 Å². The zero-order valence-electron chi connectivity index (χ0n) is 12.5. The highest BCUT2D eigenvalue weighted by atomic mass is 35.5. The first-order valence-corrected chi connectivity index (χ1v) is 8.64. The molecular formula is C15H14ClN3O4S. The van der Waals surface area contributed by atoms with Crippen molar-refractivity contribution < 1.29 is 18.7 Å². The molecule has 0 unspecified atom stereocenters. The van der Waals surface area contributed by atoms with Crippen LogP contribution < -0.4 is 5.32 Å². The number of esters is 1. The quantitative estimate of drug-likeness (QED) is 0.592. The van der Waals surface area contributed by atoms with Gasteiger partial charge in [-0.05, 0) is 25.0 Å². The lowest BCUT2D eigenvalue weighted by molar-refractivity contribution is -0.146. The number of nitrogens with zero attached hydrogens (tertiary/aromatic N) is 2. The number of aromatic nitrogens is 2. The van der Waals surface area contributed by atoms with Crippen LogP contribution in [-0.2, 0) is 14.3 Å². The van der Waals surface area contributed by atoms with Gasteiger partial charge in [-0.25, -0.2) is 0 Å². The van der Waals surface area contributed by atoms with Crippen molar-refractivity contribution in [3.8, 4) is 11.5 Å². The summed E-state index contributed by atoms with van der Waals surface area (Å²) in [4.78, 5) is 23.0. The average Bonchev–Trinajstić information content (AvgIpc) is 3.26. The Hall–Kier alpha value is -2.06. The molecule has 1 aromatic carbocycles. The molecule has 9 heteroatoms. The molecule has 1 N–H and O–H groups in total. The number of ether oxygens (including phenoxy) is 1. The smallest absolute Gasteiger partial charge is 0.316 e. The van der Waals surface area contributed by atoms with E-state index >= 15 is 0 Å². The molecule has 24 heavy (non-hydrogen) atoms. The minimum absolute atomic E-state index is 0.0269. The highest BCUT2D eigenvalue weighted by Crippen LogP contribution is 2.28. The standard InChI is InChI=1S/C15H14ClN3O4S/c16-11-4-2-1-3-10(11)14-18-19-15(23-14)24-8-13(21)22-7-12(20)17-9-5-6-9/h1-4,9H,5-8H2,(H,17,20). The van der Waals surface area contributed by atoms with Crippen LogP contribution in [0.1, 0.15) is 12.8 Å². The molecule has 0 aliphatic heterocycles. The van der Waals surface area contributed by atoms with Gasteiger partial charge in [0.15, 0.2) is 6.61 Å². The normalized spacial score (nSPS) is 13.5. The van der Waals surface area contributed by atoms with Crippen molar-refractivity contribution in [3.63, 3.8) is 0 Å². The molecule has 1 fully saturated rings. The van der Waals surface area contributed by atoms with Gasteiger partial charge >= 0.3 is 5.97 Å². The van der Waals surface area contributed by atoms with Gasteiger partial charge in [-0.3, -0.25) is 9.59 Å². The van der Waals surface area contributed by atoms with Gasteiger partial charge in [-0.15, -0.1) is 10.2 Å². The molecule has 0 atom stereocenters. The largest absolute Gasteiger partial charge is 0.455 e. The third-order valence-corrected chi connectivity index (χ3v) is 4.25. The number of amides is 1. The van der Waals surface area contributed by atoms with E-state index in [4.69, 9.17) is 20.8 Å². The number of thioether (sulfide) groups is 1. The lowest BCUT2D eigenvalue weighted by atomic mass is 10.2. The summed E-state index contributed by atoms with van der Waals surface area (Å²) in [6, 6.07) is 7.33. The SMILES string of the molecule is O=C(COC(=O)CSc1nnc(-c2ccccc2Cl)o1)NC1CC1. The molecule has 1 aromatic heterocycles. The predicted octanol–water partition coefficient (Wildman–Crippen LogP) is 2.30. The molecule has 1 saturated carbocycles. The minimum atomic E-state index is -0.525. The molecule has 0 bridgehead atoms. The summed E-state index contributed by atoms with van der Waals surface area (Å²) in [5.74, 6) is -0.556. The van der Waals surface area contributed by atoms with Crippen LogP contribution in [0.5, 0.6) is 0 Å². The van der Waals surface area contributed by atoms with Gasteiger partial charge in [0, 0.05) is 6.04 Å². The summed E-state index contributed by atoms with van der Waals surface area (Å²) in [6.45, 7) is -0.273. The Balaban J connectivity index is 1.45. The molecule has 0 spiro atoms. The molecular weight excluding hydrogens is 354 g/mol. The fourth-order valence-electron chi connectivity index (χ4n) is 1.82. The van der Waals surface area contributed by atoms with E-state index in [2.05, 4.69) is 15.5 Å². The van der Waals surface area contributed by atoms with Crippen LogP contribution in [0.15, 0.2) is 33.9 Å². The van der Waals surface area contributed by atoms with Gasteiger partial charge < -0.3 is 14.5 Å². The van der Waals surface area contributed by atoms with Crippen LogP contribution in [0.4, 0.5) is 0 Å². The Morgan fingerprint density at radius 1 is 1.33 bits per heavy atom. The average molecular weight is 368 g/mol. The Bertz CT molecular complexity index is 748. The lowest BCUT2D eigenvalue weighted by Crippen LogP contribution is -2.30. The van der Waals surface area contributed by atoms with E-state index in [-0.39, 0.29) is 35.4 Å². The third kappa shape index (κ3) is 4.72. The fraction of sp³-hybridized carbons (Fsp3) is 0.333. The zero-order chi connectivity index (χ0) is 16.9. The Kier molecular flexibility index (Phi) is 5.37. The molecule has 0 radical (unpaired) electrons. The summed E-state index contributed by atoms with van der Waals surface area (Å²) >= 11 is 7.10. The van der Waals surface area contributed by atoms with Crippen molar-refractivity contribution in [2.75, 3.05) is 12.4 Å². The first-order valence-electron chi connectivity index (χ1n) is 7.28. The summed E-state index contributed by atoms with van der Waals surface area (Å²) in [5.41, 5.74) is 0.623. The topological polar surface area (TPSA) is 94.3 Å². The van der Waals surface area contributed by atoms with Gasteiger partial charge in [-0.1, -0.05) is 35.5 Å². The Morgan fingerprint density at radius 2 is 2.12 bits per heavy atom. The molecule has 7 nitrogen and oxygen atoms in total. The van der Waals surface area contributed by atoms with E-state index in [0.29, 0.717) is 10.6 Å². The van der Waals surface area contributed by atoms with E-state index in [9.17, 15) is 9.59 Å². The second-order valence-corrected chi connectivity index (χ2v) is 6.48. The zero-order valence-corrected chi connectivity index (χ0v) is 14.1. The van der Waals surface area contributed by atoms with Crippen molar-refractivity contribution in [1.29, 1.82) is 0 Å². The van der Waals surface area contributed by atoms with Crippen LogP contribution in [0, 0.1) is 0 Å². The number of carbonyl (C=O) groups excluding carboxylic acids is 2. The van der Waals surface area contributed by atoms with Gasteiger partial charge in [0.05, 0.1) is 10.6 Å². The molecule has 1 heterocycles. The summed E-state index contributed by atoms with van der Waals surface area (Å²) in [6.07, 6.45) is 1.97. The predicted molar refractivity (Wildman–Crippen MR) is 87.6 cm³/mol. The van der Waals surface area contributed by atoms with Gasteiger partial charge in [0.2, 0.25) is 5.89 Å². The summed E-state index contributed by atoms with van der Waals surface area (Å²) in [5, 5.41) is 11.2. The van der Waals surface area contributed by atoms with E-state index in [0.717, 1.165) is 24.6 Å². The van der Waals surface area contributed by atoms with Crippen LogP contribution in [0.3, 0.4) is 0 Å².